The normalized spacial score (nSPS) is 11.2. The Kier molecular flexibility index (Phi) is 6.37. The maximum absolute atomic E-state index is 13.6. The summed E-state index contributed by atoms with van der Waals surface area (Å²) in [7, 11) is -3.48. The highest BCUT2D eigenvalue weighted by Gasteiger charge is 2.19. The fraction of sp³-hybridized carbons (Fsp3) is 0.316. The fourth-order valence-corrected chi connectivity index (χ4v) is 3.63. The van der Waals surface area contributed by atoms with Gasteiger partial charge in [0.25, 0.3) is 0 Å². The van der Waals surface area contributed by atoms with Crippen molar-refractivity contribution in [2.45, 2.75) is 26.7 Å². The molecule has 7 heteroatoms. The molecule has 0 saturated carbocycles. The molecule has 0 bridgehead atoms. The molecule has 1 N–H and O–H groups in total. The Morgan fingerprint density at radius 1 is 1.15 bits per heavy atom. The summed E-state index contributed by atoms with van der Waals surface area (Å²) in [4.78, 5) is 12.0. The number of nitrogens with zero attached hydrogens (tertiary/aromatic N) is 1. The predicted octanol–water partition coefficient (Wildman–Crippen LogP) is 3.63. The summed E-state index contributed by atoms with van der Waals surface area (Å²) in [5.74, 6) is -0.862. The standard InChI is InChI=1S/C19H23FN2O3S/c1-14-10-11-15(2)18(13-14)22(26(3,24)25)12-6-9-19(23)21-17-8-5-4-7-16(17)20/h4-5,7-8,10-11,13H,6,9,12H2,1-3H3,(H,21,23). The lowest BCUT2D eigenvalue weighted by atomic mass is 10.1. The Bertz CT molecular complexity index is 897. The molecule has 0 radical (unpaired) electrons. The molecule has 26 heavy (non-hydrogen) atoms. The number of hydrogen-bond acceptors (Lipinski definition) is 3. The van der Waals surface area contributed by atoms with Crippen molar-refractivity contribution < 1.29 is 17.6 Å². The van der Waals surface area contributed by atoms with Crippen molar-refractivity contribution in [3.05, 3.63) is 59.4 Å². The molecule has 0 aliphatic rings. The molecule has 140 valence electrons. The molecule has 0 heterocycles. The quantitative estimate of drug-likeness (QED) is 0.800. The van der Waals surface area contributed by atoms with E-state index in [1.54, 1.807) is 12.1 Å². The largest absolute Gasteiger partial charge is 0.324 e. The molecular weight excluding hydrogens is 355 g/mol. The minimum Gasteiger partial charge on any atom is -0.324 e. The first-order valence-corrected chi connectivity index (χ1v) is 10.1. The highest BCUT2D eigenvalue weighted by Crippen LogP contribution is 2.24. The first kappa shape index (κ1) is 19.9. The van der Waals surface area contributed by atoms with Crippen molar-refractivity contribution in [3.8, 4) is 0 Å². The van der Waals surface area contributed by atoms with Crippen LogP contribution in [0.25, 0.3) is 0 Å². The Balaban J connectivity index is 2.03. The Morgan fingerprint density at radius 3 is 2.50 bits per heavy atom. The van der Waals surface area contributed by atoms with E-state index in [0.717, 1.165) is 17.4 Å². The van der Waals surface area contributed by atoms with E-state index in [1.807, 2.05) is 32.0 Å². The molecule has 0 aliphatic carbocycles. The molecule has 0 saturated heterocycles. The summed E-state index contributed by atoms with van der Waals surface area (Å²) < 4.78 is 39.2. The van der Waals surface area contributed by atoms with Crippen LogP contribution in [-0.2, 0) is 14.8 Å². The summed E-state index contributed by atoms with van der Waals surface area (Å²) in [6.45, 7) is 3.91. The van der Waals surface area contributed by atoms with Crippen LogP contribution in [0, 0.1) is 19.7 Å². The fourth-order valence-electron chi connectivity index (χ4n) is 2.61. The average molecular weight is 378 g/mol. The van der Waals surface area contributed by atoms with E-state index in [-0.39, 0.29) is 24.6 Å². The van der Waals surface area contributed by atoms with Crippen LogP contribution in [0.5, 0.6) is 0 Å². The summed E-state index contributed by atoms with van der Waals surface area (Å²) in [5, 5.41) is 2.50. The van der Waals surface area contributed by atoms with Crippen LogP contribution < -0.4 is 9.62 Å². The number of aryl methyl sites for hydroxylation is 2. The van der Waals surface area contributed by atoms with E-state index in [4.69, 9.17) is 0 Å². The number of para-hydroxylation sites is 1. The molecule has 1 amide bonds. The smallest absolute Gasteiger partial charge is 0.232 e. The maximum Gasteiger partial charge on any atom is 0.232 e. The van der Waals surface area contributed by atoms with Crippen molar-refractivity contribution in [2.24, 2.45) is 0 Å². The van der Waals surface area contributed by atoms with Gasteiger partial charge in [0.05, 0.1) is 17.6 Å². The molecule has 0 atom stereocenters. The van der Waals surface area contributed by atoms with Gasteiger partial charge in [-0.3, -0.25) is 9.10 Å². The van der Waals surface area contributed by atoms with Gasteiger partial charge in [0.15, 0.2) is 0 Å². The van der Waals surface area contributed by atoms with Crippen LogP contribution in [-0.4, -0.2) is 27.1 Å². The molecule has 0 unspecified atom stereocenters. The first-order chi connectivity index (χ1) is 12.2. The molecule has 0 aromatic heterocycles. The summed E-state index contributed by atoms with van der Waals surface area (Å²) in [6.07, 6.45) is 1.56. The van der Waals surface area contributed by atoms with Gasteiger partial charge in [0, 0.05) is 13.0 Å². The van der Waals surface area contributed by atoms with Crippen LogP contribution in [0.3, 0.4) is 0 Å². The van der Waals surface area contributed by atoms with Crippen LogP contribution >= 0.6 is 0 Å². The van der Waals surface area contributed by atoms with Gasteiger partial charge in [-0.2, -0.15) is 0 Å². The molecule has 0 aliphatic heterocycles. The van der Waals surface area contributed by atoms with Crippen LogP contribution in [0.4, 0.5) is 15.8 Å². The maximum atomic E-state index is 13.6. The number of carbonyl (C=O) groups excluding carboxylic acids is 1. The number of carbonyl (C=O) groups is 1. The average Bonchev–Trinajstić information content (AvgIpc) is 2.55. The minimum absolute atomic E-state index is 0.0885. The van der Waals surface area contributed by atoms with E-state index in [1.165, 1.54) is 16.4 Å². The van der Waals surface area contributed by atoms with E-state index in [0.29, 0.717) is 12.1 Å². The Hall–Kier alpha value is -2.41. The van der Waals surface area contributed by atoms with Crippen molar-refractivity contribution in [1.29, 1.82) is 0 Å². The third kappa shape index (κ3) is 5.29. The van der Waals surface area contributed by atoms with Gasteiger partial charge in [-0.05, 0) is 49.6 Å². The van der Waals surface area contributed by atoms with Crippen LogP contribution in [0.1, 0.15) is 24.0 Å². The van der Waals surface area contributed by atoms with Crippen LogP contribution in [0.2, 0.25) is 0 Å². The zero-order valence-corrected chi connectivity index (χ0v) is 15.9. The van der Waals surface area contributed by atoms with Gasteiger partial charge in [-0.15, -0.1) is 0 Å². The summed E-state index contributed by atoms with van der Waals surface area (Å²) in [5.41, 5.74) is 2.53. The predicted molar refractivity (Wildman–Crippen MR) is 102 cm³/mol. The first-order valence-electron chi connectivity index (χ1n) is 8.28. The number of nitrogens with one attached hydrogen (secondary N) is 1. The van der Waals surface area contributed by atoms with E-state index < -0.39 is 15.8 Å². The van der Waals surface area contributed by atoms with Gasteiger partial charge >= 0.3 is 0 Å². The molecule has 2 aromatic rings. The lowest BCUT2D eigenvalue weighted by Gasteiger charge is -2.24. The second-order valence-corrected chi connectivity index (χ2v) is 8.16. The van der Waals surface area contributed by atoms with Crippen molar-refractivity contribution in [1.82, 2.24) is 0 Å². The van der Waals surface area contributed by atoms with Crippen molar-refractivity contribution in [2.75, 3.05) is 22.4 Å². The van der Waals surface area contributed by atoms with Crippen LogP contribution in [0.15, 0.2) is 42.5 Å². The van der Waals surface area contributed by atoms with Gasteiger partial charge in [0.1, 0.15) is 5.82 Å². The zero-order valence-electron chi connectivity index (χ0n) is 15.1. The molecule has 0 fully saturated rings. The van der Waals surface area contributed by atoms with Gasteiger partial charge < -0.3 is 5.32 Å². The SMILES string of the molecule is Cc1ccc(C)c(N(CCCC(=O)Nc2ccccc2F)S(C)(=O)=O)c1. The number of sulfonamides is 1. The Labute approximate surface area is 153 Å². The minimum atomic E-state index is -3.48. The monoisotopic (exact) mass is 378 g/mol. The zero-order chi connectivity index (χ0) is 19.3. The third-order valence-electron chi connectivity index (χ3n) is 3.95. The van der Waals surface area contributed by atoms with E-state index >= 15 is 0 Å². The number of rotatable bonds is 7. The van der Waals surface area contributed by atoms with E-state index in [2.05, 4.69) is 5.32 Å². The summed E-state index contributed by atoms with van der Waals surface area (Å²) in [6, 6.07) is 11.5. The lowest BCUT2D eigenvalue weighted by molar-refractivity contribution is -0.116. The number of halogens is 1. The molecule has 2 rings (SSSR count). The second-order valence-electron chi connectivity index (χ2n) is 6.26. The second kappa shape index (κ2) is 8.31. The van der Waals surface area contributed by atoms with Gasteiger partial charge in [0.2, 0.25) is 15.9 Å². The number of benzene rings is 2. The molecule has 0 spiro atoms. The molecular formula is C19H23FN2O3S. The van der Waals surface area contributed by atoms with Gasteiger partial charge in [-0.25, -0.2) is 12.8 Å². The van der Waals surface area contributed by atoms with Crippen molar-refractivity contribution >= 4 is 27.3 Å². The third-order valence-corrected chi connectivity index (χ3v) is 5.13. The number of amides is 1. The Morgan fingerprint density at radius 2 is 1.85 bits per heavy atom. The number of anilines is 2. The van der Waals surface area contributed by atoms with Crippen molar-refractivity contribution in [3.63, 3.8) is 0 Å². The molecule has 5 nitrogen and oxygen atoms in total. The highest BCUT2D eigenvalue weighted by atomic mass is 32.2. The highest BCUT2D eigenvalue weighted by molar-refractivity contribution is 7.92. The lowest BCUT2D eigenvalue weighted by Crippen LogP contribution is -2.32. The van der Waals surface area contributed by atoms with Gasteiger partial charge in [-0.1, -0.05) is 24.3 Å². The van der Waals surface area contributed by atoms with E-state index in [9.17, 15) is 17.6 Å². The topological polar surface area (TPSA) is 66.5 Å². The summed E-state index contributed by atoms with van der Waals surface area (Å²) >= 11 is 0. The number of hydrogen-bond donors (Lipinski definition) is 1. The molecule has 2 aromatic carbocycles.